The Kier molecular flexibility index (Phi) is 5.00. The molecule has 1 aromatic heterocycles. The molecule has 3 heterocycles. The average molecular weight is 422 g/mol. The Morgan fingerprint density at radius 3 is 2.93 bits per heavy atom. The van der Waals surface area contributed by atoms with Crippen molar-refractivity contribution < 1.29 is 19.0 Å². The van der Waals surface area contributed by atoms with Crippen molar-refractivity contribution in [1.29, 1.82) is 0 Å². The summed E-state index contributed by atoms with van der Waals surface area (Å²) in [6, 6.07) is 0.911. The van der Waals surface area contributed by atoms with Gasteiger partial charge in [0.25, 0.3) is 0 Å². The van der Waals surface area contributed by atoms with E-state index in [4.69, 9.17) is 22.1 Å². The van der Waals surface area contributed by atoms with Crippen LogP contribution in [0.1, 0.15) is 36.2 Å². The Balaban J connectivity index is 1.97. The van der Waals surface area contributed by atoms with Crippen LogP contribution in [0.4, 0.5) is 10.1 Å². The molecule has 7 nitrogen and oxygen atoms in total. The van der Waals surface area contributed by atoms with Gasteiger partial charge in [-0.2, -0.15) is 0 Å². The monoisotopic (exact) mass is 421 g/mol. The minimum Gasteiger partial charge on any atom is -0.487 e. The third-order valence-electron chi connectivity index (χ3n) is 5.54. The quantitative estimate of drug-likeness (QED) is 0.790. The van der Waals surface area contributed by atoms with E-state index in [2.05, 4.69) is 0 Å². The first-order valence-electron chi connectivity index (χ1n) is 9.42. The standard InChI is InChI=1S/C20H21ClFN3O4/c1-10-9-29-19-16-12(18(26)13(20(27)28)8-25(10)16)5-15(22)17(19)24-4-2-3-11(7-24)14(21)6-23/h5,8,10H,2-4,6-7,9,23H2,1H3,(H,27,28)/b14-11-/t10-/m0/s1. The van der Waals surface area contributed by atoms with Crippen molar-refractivity contribution in [3.63, 3.8) is 0 Å². The summed E-state index contributed by atoms with van der Waals surface area (Å²) in [5.41, 5.74) is 6.17. The molecule has 0 aliphatic carbocycles. The van der Waals surface area contributed by atoms with Crippen LogP contribution < -0.4 is 20.8 Å². The Morgan fingerprint density at radius 2 is 2.24 bits per heavy atom. The summed E-state index contributed by atoms with van der Waals surface area (Å²) in [6.45, 7) is 3.33. The van der Waals surface area contributed by atoms with E-state index in [1.54, 1.807) is 4.57 Å². The molecule has 0 unspecified atom stereocenters. The predicted octanol–water partition coefficient (Wildman–Crippen LogP) is 2.84. The summed E-state index contributed by atoms with van der Waals surface area (Å²) in [5, 5.41) is 9.95. The van der Waals surface area contributed by atoms with Crippen LogP contribution in [0.5, 0.6) is 5.75 Å². The van der Waals surface area contributed by atoms with E-state index in [0.717, 1.165) is 24.5 Å². The number of halogens is 2. The number of ether oxygens (including phenoxy) is 1. The van der Waals surface area contributed by atoms with Gasteiger partial charge >= 0.3 is 5.97 Å². The number of pyridine rings is 1. The van der Waals surface area contributed by atoms with Crippen molar-refractivity contribution in [1.82, 2.24) is 4.57 Å². The Bertz CT molecular complexity index is 1110. The zero-order valence-electron chi connectivity index (χ0n) is 15.9. The van der Waals surface area contributed by atoms with E-state index < -0.39 is 17.2 Å². The molecule has 0 amide bonds. The van der Waals surface area contributed by atoms with Crippen LogP contribution in [0, 0.1) is 5.82 Å². The number of aromatic nitrogens is 1. The predicted molar refractivity (Wildman–Crippen MR) is 109 cm³/mol. The average Bonchev–Trinajstić information content (AvgIpc) is 2.71. The lowest BCUT2D eigenvalue weighted by molar-refractivity contribution is 0.0694. The topological polar surface area (TPSA) is 97.8 Å². The highest BCUT2D eigenvalue weighted by Gasteiger charge is 2.31. The Hall–Kier alpha value is -2.58. The van der Waals surface area contributed by atoms with Crippen LogP contribution in [0.15, 0.2) is 27.7 Å². The lowest BCUT2D eigenvalue weighted by Gasteiger charge is -2.35. The van der Waals surface area contributed by atoms with Crippen molar-refractivity contribution in [2.45, 2.75) is 25.8 Å². The maximum atomic E-state index is 15.2. The summed E-state index contributed by atoms with van der Waals surface area (Å²) in [7, 11) is 0. The maximum absolute atomic E-state index is 15.2. The van der Waals surface area contributed by atoms with Crippen molar-refractivity contribution >= 4 is 34.2 Å². The molecule has 1 fully saturated rings. The second-order valence-corrected chi connectivity index (χ2v) is 7.87. The van der Waals surface area contributed by atoms with Crippen molar-refractivity contribution in [2.24, 2.45) is 5.73 Å². The van der Waals surface area contributed by atoms with Gasteiger partial charge in [0.15, 0.2) is 11.6 Å². The number of carboxylic acids is 1. The number of nitrogens with two attached hydrogens (primary N) is 1. The molecule has 0 radical (unpaired) electrons. The molecule has 4 rings (SSSR count). The number of anilines is 1. The number of carboxylic acid groups (broad SMARTS) is 1. The van der Waals surface area contributed by atoms with Crippen LogP contribution >= 0.6 is 11.6 Å². The van der Waals surface area contributed by atoms with E-state index in [1.807, 2.05) is 11.8 Å². The normalized spacial score (nSPS) is 20.6. The van der Waals surface area contributed by atoms with Crippen LogP contribution in [0.3, 0.4) is 0 Å². The van der Waals surface area contributed by atoms with Gasteiger partial charge in [-0.05, 0) is 31.4 Å². The minimum absolute atomic E-state index is 0.000431. The van der Waals surface area contributed by atoms with Gasteiger partial charge in [0.05, 0.1) is 16.9 Å². The summed E-state index contributed by atoms with van der Waals surface area (Å²) in [6.07, 6.45) is 2.89. The largest absolute Gasteiger partial charge is 0.487 e. The molecule has 3 N–H and O–H groups in total. The second kappa shape index (κ2) is 7.35. The number of nitrogens with zero attached hydrogens (tertiary/aromatic N) is 2. The molecule has 0 spiro atoms. The molecule has 2 aliphatic rings. The summed E-state index contributed by atoms with van der Waals surface area (Å²) in [5.74, 6) is -1.71. The van der Waals surface area contributed by atoms with E-state index in [-0.39, 0.29) is 41.6 Å². The van der Waals surface area contributed by atoms with Crippen LogP contribution in [-0.2, 0) is 0 Å². The number of hydrogen-bond acceptors (Lipinski definition) is 5. The summed E-state index contributed by atoms with van der Waals surface area (Å²) >= 11 is 6.23. The summed E-state index contributed by atoms with van der Waals surface area (Å²) in [4.78, 5) is 26.0. The number of benzene rings is 1. The minimum atomic E-state index is -1.34. The smallest absolute Gasteiger partial charge is 0.341 e. The van der Waals surface area contributed by atoms with Crippen molar-refractivity contribution in [3.8, 4) is 5.75 Å². The van der Waals surface area contributed by atoms with Crippen LogP contribution in [0.2, 0.25) is 0 Å². The van der Waals surface area contributed by atoms with E-state index >= 15 is 4.39 Å². The van der Waals surface area contributed by atoms with Gasteiger partial charge in [-0.3, -0.25) is 4.79 Å². The van der Waals surface area contributed by atoms with Crippen molar-refractivity contribution in [3.05, 3.63) is 44.5 Å². The third kappa shape index (κ3) is 3.16. The number of piperidine rings is 1. The maximum Gasteiger partial charge on any atom is 0.341 e. The first kappa shape index (κ1) is 19.7. The van der Waals surface area contributed by atoms with Gasteiger partial charge in [0.2, 0.25) is 5.43 Å². The van der Waals surface area contributed by atoms with Gasteiger partial charge in [0.1, 0.15) is 17.9 Å². The Morgan fingerprint density at radius 1 is 1.48 bits per heavy atom. The number of carbonyl (C=O) groups is 1. The van der Waals surface area contributed by atoms with E-state index in [9.17, 15) is 14.7 Å². The van der Waals surface area contributed by atoms with E-state index in [1.165, 1.54) is 6.20 Å². The molecule has 0 saturated carbocycles. The molecule has 9 heteroatoms. The third-order valence-corrected chi connectivity index (χ3v) is 5.96. The molecule has 1 atom stereocenters. The summed E-state index contributed by atoms with van der Waals surface area (Å²) < 4.78 is 22.8. The van der Waals surface area contributed by atoms with E-state index in [0.29, 0.717) is 23.6 Å². The van der Waals surface area contributed by atoms with Crippen LogP contribution in [-0.4, -0.2) is 41.9 Å². The van der Waals surface area contributed by atoms with Crippen molar-refractivity contribution in [2.75, 3.05) is 31.1 Å². The van der Waals surface area contributed by atoms with Gasteiger partial charge < -0.3 is 25.0 Å². The molecule has 2 aromatic rings. The van der Waals surface area contributed by atoms with Crippen LogP contribution in [0.25, 0.3) is 10.9 Å². The fraction of sp³-hybridized carbons (Fsp3) is 0.400. The molecule has 2 aliphatic heterocycles. The van der Waals surface area contributed by atoms with Gasteiger partial charge in [0, 0.05) is 30.9 Å². The van der Waals surface area contributed by atoms with Gasteiger partial charge in [-0.1, -0.05) is 11.6 Å². The molecular weight excluding hydrogens is 401 g/mol. The van der Waals surface area contributed by atoms with Gasteiger partial charge in [-0.15, -0.1) is 0 Å². The fourth-order valence-electron chi connectivity index (χ4n) is 4.09. The zero-order valence-corrected chi connectivity index (χ0v) is 16.6. The molecule has 154 valence electrons. The first-order chi connectivity index (χ1) is 13.8. The second-order valence-electron chi connectivity index (χ2n) is 7.41. The number of hydrogen-bond donors (Lipinski definition) is 2. The lowest BCUT2D eigenvalue weighted by Crippen LogP contribution is -2.34. The highest BCUT2D eigenvalue weighted by Crippen LogP contribution is 2.43. The number of rotatable bonds is 3. The first-order valence-corrected chi connectivity index (χ1v) is 9.80. The highest BCUT2D eigenvalue weighted by molar-refractivity contribution is 6.30. The number of aromatic carboxylic acids is 1. The highest BCUT2D eigenvalue weighted by atomic mass is 35.5. The molecule has 0 bridgehead atoms. The SMILES string of the molecule is C[C@H]1COc2c(N3CCC/C(=C(/Cl)CN)C3)c(F)cc3c(=O)c(C(=O)O)cn1c23. The molecule has 1 aromatic carbocycles. The Labute approximate surface area is 171 Å². The molecular formula is C20H21ClFN3O4. The lowest BCUT2D eigenvalue weighted by atomic mass is 10.0. The molecule has 1 saturated heterocycles. The zero-order chi connectivity index (χ0) is 20.9. The molecule has 29 heavy (non-hydrogen) atoms. The fourth-order valence-corrected chi connectivity index (χ4v) is 4.24. The van der Waals surface area contributed by atoms with Gasteiger partial charge in [-0.25, -0.2) is 9.18 Å².